The van der Waals surface area contributed by atoms with Gasteiger partial charge in [-0.25, -0.2) is 4.79 Å². The van der Waals surface area contributed by atoms with Gasteiger partial charge >= 0.3 is 5.97 Å². The fourth-order valence-corrected chi connectivity index (χ4v) is 3.04. The number of hydrogen-bond donors (Lipinski definition) is 1. The Hall–Kier alpha value is -2.14. The second kappa shape index (κ2) is 6.10. The molecule has 0 aliphatic carbocycles. The van der Waals surface area contributed by atoms with Crippen molar-refractivity contribution in [3.8, 4) is 0 Å². The van der Waals surface area contributed by atoms with Gasteiger partial charge in [-0.2, -0.15) is 0 Å². The summed E-state index contributed by atoms with van der Waals surface area (Å²) in [6.45, 7) is 6.41. The molecule has 5 heteroatoms. The van der Waals surface area contributed by atoms with Gasteiger partial charge < -0.3 is 10.0 Å². The lowest BCUT2D eigenvalue weighted by Crippen LogP contribution is -2.30. The van der Waals surface area contributed by atoms with E-state index in [2.05, 4.69) is 6.07 Å². The van der Waals surface area contributed by atoms with Gasteiger partial charge in [0.15, 0.2) is 0 Å². The van der Waals surface area contributed by atoms with Crippen molar-refractivity contribution in [3.63, 3.8) is 0 Å². The number of anilines is 1. The van der Waals surface area contributed by atoms with Crippen LogP contribution in [0.4, 0.5) is 5.69 Å². The SMILES string of the molecule is CCN(C(=O)c1ccc(C(=O)O)s1)c1cc(C)cc(C)c1. The lowest BCUT2D eigenvalue weighted by Gasteiger charge is -2.21. The van der Waals surface area contributed by atoms with Crippen molar-refractivity contribution in [1.82, 2.24) is 0 Å². The number of rotatable bonds is 4. The molecule has 0 bridgehead atoms. The van der Waals surface area contributed by atoms with Crippen LogP contribution in [0.25, 0.3) is 0 Å². The van der Waals surface area contributed by atoms with Crippen molar-refractivity contribution < 1.29 is 14.7 Å². The van der Waals surface area contributed by atoms with Gasteiger partial charge in [0.2, 0.25) is 0 Å². The molecule has 1 N–H and O–H groups in total. The second-order valence-electron chi connectivity index (χ2n) is 4.86. The Morgan fingerprint density at radius 3 is 2.14 bits per heavy atom. The monoisotopic (exact) mass is 303 g/mol. The molecule has 2 rings (SSSR count). The summed E-state index contributed by atoms with van der Waals surface area (Å²) >= 11 is 1.01. The maximum absolute atomic E-state index is 12.6. The van der Waals surface area contributed by atoms with Crippen LogP contribution in [-0.2, 0) is 0 Å². The van der Waals surface area contributed by atoms with Crippen LogP contribution in [-0.4, -0.2) is 23.5 Å². The molecule has 0 radical (unpaired) electrons. The molecule has 0 spiro atoms. The molecule has 21 heavy (non-hydrogen) atoms. The van der Waals surface area contributed by atoms with Crippen molar-refractivity contribution >= 4 is 28.9 Å². The molecule has 0 fully saturated rings. The van der Waals surface area contributed by atoms with Crippen molar-refractivity contribution in [2.75, 3.05) is 11.4 Å². The van der Waals surface area contributed by atoms with Gasteiger partial charge in [0, 0.05) is 12.2 Å². The molecule has 2 aromatic rings. The van der Waals surface area contributed by atoms with E-state index in [4.69, 9.17) is 5.11 Å². The molecule has 0 aliphatic heterocycles. The van der Waals surface area contributed by atoms with Gasteiger partial charge in [0.25, 0.3) is 5.91 Å². The summed E-state index contributed by atoms with van der Waals surface area (Å²) in [4.78, 5) is 25.8. The predicted molar refractivity (Wildman–Crippen MR) is 84.5 cm³/mol. The highest BCUT2D eigenvalue weighted by Crippen LogP contribution is 2.24. The third-order valence-electron chi connectivity index (χ3n) is 3.11. The van der Waals surface area contributed by atoms with Crippen molar-refractivity contribution in [1.29, 1.82) is 0 Å². The van der Waals surface area contributed by atoms with Crippen LogP contribution in [0.2, 0.25) is 0 Å². The zero-order valence-electron chi connectivity index (χ0n) is 12.2. The van der Waals surface area contributed by atoms with Gasteiger partial charge in [-0.1, -0.05) is 6.07 Å². The molecule has 0 saturated carbocycles. The predicted octanol–water partition coefficient (Wildman–Crippen LogP) is 3.73. The summed E-state index contributed by atoms with van der Waals surface area (Å²) in [7, 11) is 0. The number of aromatic carboxylic acids is 1. The van der Waals surface area contributed by atoms with E-state index in [1.54, 1.807) is 11.0 Å². The highest BCUT2D eigenvalue weighted by Gasteiger charge is 2.19. The highest BCUT2D eigenvalue weighted by molar-refractivity contribution is 7.16. The van der Waals surface area contributed by atoms with Crippen LogP contribution >= 0.6 is 11.3 Å². The van der Waals surface area contributed by atoms with Crippen molar-refractivity contribution in [3.05, 3.63) is 51.2 Å². The molecule has 0 unspecified atom stereocenters. The fraction of sp³-hybridized carbons (Fsp3) is 0.250. The Morgan fingerprint density at radius 1 is 1.10 bits per heavy atom. The van der Waals surface area contributed by atoms with Gasteiger partial charge in [0.05, 0.1) is 4.88 Å². The molecule has 4 nitrogen and oxygen atoms in total. The van der Waals surface area contributed by atoms with Crippen LogP contribution in [0.1, 0.15) is 37.4 Å². The third-order valence-corrected chi connectivity index (χ3v) is 4.17. The quantitative estimate of drug-likeness (QED) is 0.936. The summed E-state index contributed by atoms with van der Waals surface area (Å²) in [5.74, 6) is -1.17. The summed E-state index contributed by atoms with van der Waals surface area (Å²) < 4.78 is 0. The van der Waals surface area contributed by atoms with E-state index in [1.165, 1.54) is 6.07 Å². The zero-order valence-corrected chi connectivity index (χ0v) is 13.0. The normalized spacial score (nSPS) is 10.4. The molecule has 1 aromatic carbocycles. The van der Waals surface area contributed by atoms with Crippen LogP contribution in [0.15, 0.2) is 30.3 Å². The van der Waals surface area contributed by atoms with E-state index >= 15 is 0 Å². The Balaban J connectivity index is 2.35. The molecular formula is C16H17NO3S. The first kappa shape index (κ1) is 15.3. The largest absolute Gasteiger partial charge is 0.477 e. The van der Waals surface area contributed by atoms with Crippen LogP contribution < -0.4 is 4.90 Å². The second-order valence-corrected chi connectivity index (χ2v) is 5.95. The number of carbonyl (C=O) groups excluding carboxylic acids is 1. The van der Waals surface area contributed by atoms with Crippen LogP contribution in [0.3, 0.4) is 0 Å². The Kier molecular flexibility index (Phi) is 4.43. The van der Waals surface area contributed by atoms with E-state index in [-0.39, 0.29) is 10.8 Å². The maximum Gasteiger partial charge on any atom is 0.345 e. The standard InChI is InChI=1S/C16H17NO3S/c1-4-17(12-8-10(2)7-11(3)9-12)15(18)13-5-6-14(21-13)16(19)20/h5-9H,4H2,1-3H3,(H,19,20). The molecule has 0 aliphatic rings. The first-order valence-electron chi connectivity index (χ1n) is 6.65. The molecule has 1 heterocycles. The molecule has 1 amide bonds. The molecule has 0 atom stereocenters. The van der Waals surface area contributed by atoms with Gasteiger partial charge in [-0.3, -0.25) is 4.79 Å². The minimum atomic E-state index is -1.01. The Labute approximate surface area is 127 Å². The number of benzene rings is 1. The fourth-order valence-electron chi connectivity index (χ4n) is 2.25. The number of thiophene rings is 1. The minimum absolute atomic E-state index is 0.167. The Morgan fingerprint density at radius 2 is 1.67 bits per heavy atom. The van der Waals surface area contributed by atoms with E-state index in [9.17, 15) is 9.59 Å². The number of carboxylic acids is 1. The minimum Gasteiger partial charge on any atom is -0.477 e. The number of carbonyl (C=O) groups is 2. The highest BCUT2D eigenvalue weighted by atomic mass is 32.1. The van der Waals surface area contributed by atoms with E-state index in [0.29, 0.717) is 11.4 Å². The summed E-state index contributed by atoms with van der Waals surface area (Å²) in [5, 5.41) is 8.95. The topological polar surface area (TPSA) is 57.6 Å². The van der Waals surface area contributed by atoms with E-state index < -0.39 is 5.97 Å². The van der Waals surface area contributed by atoms with E-state index in [0.717, 1.165) is 28.2 Å². The average molecular weight is 303 g/mol. The molecule has 0 saturated heterocycles. The van der Waals surface area contributed by atoms with Gasteiger partial charge in [-0.05, 0) is 56.2 Å². The van der Waals surface area contributed by atoms with Crippen molar-refractivity contribution in [2.45, 2.75) is 20.8 Å². The Bertz CT molecular complexity index is 670. The summed E-state index contributed by atoms with van der Waals surface area (Å²) in [6.07, 6.45) is 0. The lowest BCUT2D eigenvalue weighted by atomic mass is 10.1. The van der Waals surface area contributed by atoms with Gasteiger partial charge in [-0.15, -0.1) is 11.3 Å². The number of aryl methyl sites for hydroxylation is 2. The first-order valence-corrected chi connectivity index (χ1v) is 7.47. The van der Waals surface area contributed by atoms with Crippen LogP contribution in [0.5, 0.6) is 0 Å². The third kappa shape index (κ3) is 3.31. The molecule has 110 valence electrons. The number of carboxylic acid groups (broad SMARTS) is 1. The smallest absolute Gasteiger partial charge is 0.345 e. The number of nitrogens with zero attached hydrogens (tertiary/aromatic N) is 1. The summed E-state index contributed by atoms with van der Waals surface area (Å²) in [5.41, 5.74) is 3.02. The van der Waals surface area contributed by atoms with Crippen molar-refractivity contribution in [2.24, 2.45) is 0 Å². The lowest BCUT2D eigenvalue weighted by molar-refractivity contribution is 0.0702. The molecular weight excluding hydrogens is 286 g/mol. The zero-order chi connectivity index (χ0) is 15.6. The molecule has 1 aromatic heterocycles. The van der Waals surface area contributed by atoms with E-state index in [1.807, 2.05) is 32.9 Å². The maximum atomic E-state index is 12.6. The number of hydrogen-bond acceptors (Lipinski definition) is 3. The van der Waals surface area contributed by atoms with Crippen LogP contribution in [0, 0.1) is 13.8 Å². The first-order chi connectivity index (χ1) is 9.92. The van der Waals surface area contributed by atoms with Gasteiger partial charge in [0.1, 0.15) is 4.88 Å². The number of amides is 1. The average Bonchev–Trinajstić information content (AvgIpc) is 2.88. The summed E-state index contributed by atoms with van der Waals surface area (Å²) in [6, 6.07) is 9.01.